The SMILES string of the molecule is O=C(Nc1cc(F)c(I)c(F)c1)c1cc(-c2ccccc2)no1. The first kappa shape index (κ1) is 15.6. The summed E-state index contributed by atoms with van der Waals surface area (Å²) in [6.45, 7) is 0. The number of amides is 1. The summed E-state index contributed by atoms with van der Waals surface area (Å²) in [6, 6.07) is 12.7. The predicted octanol–water partition coefficient (Wildman–Crippen LogP) is 4.48. The molecule has 0 unspecified atom stereocenters. The maximum atomic E-state index is 13.5. The Labute approximate surface area is 143 Å². The fourth-order valence-electron chi connectivity index (χ4n) is 1.95. The molecule has 3 aromatic rings. The van der Waals surface area contributed by atoms with Gasteiger partial charge in [-0.05, 0) is 34.7 Å². The Morgan fingerprint density at radius 2 is 1.74 bits per heavy atom. The van der Waals surface area contributed by atoms with Crippen molar-refractivity contribution < 1.29 is 18.1 Å². The van der Waals surface area contributed by atoms with Gasteiger partial charge >= 0.3 is 0 Å². The summed E-state index contributed by atoms with van der Waals surface area (Å²) in [5.74, 6) is -2.19. The Balaban J connectivity index is 1.81. The molecule has 0 spiro atoms. The van der Waals surface area contributed by atoms with Crippen molar-refractivity contribution in [3.05, 3.63) is 69.5 Å². The van der Waals surface area contributed by atoms with Crippen molar-refractivity contribution >= 4 is 34.2 Å². The third-order valence-corrected chi connectivity index (χ3v) is 4.08. The lowest BCUT2D eigenvalue weighted by Gasteiger charge is -2.04. The van der Waals surface area contributed by atoms with Gasteiger partial charge < -0.3 is 9.84 Å². The van der Waals surface area contributed by atoms with Gasteiger partial charge in [-0.1, -0.05) is 35.5 Å². The van der Waals surface area contributed by atoms with E-state index in [1.165, 1.54) is 6.07 Å². The zero-order valence-electron chi connectivity index (χ0n) is 11.5. The van der Waals surface area contributed by atoms with Gasteiger partial charge in [0.2, 0.25) is 5.76 Å². The smallest absolute Gasteiger partial charge is 0.294 e. The summed E-state index contributed by atoms with van der Waals surface area (Å²) >= 11 is 1.55. The van der Waals surface area contributed by atoms with Gasteiger partial charge in [0.1, 0.15) is 17.3 Å². The van der Waals surface area contributed by atoms with Crippen molar-refractivity contribution in [1.82, 2.24) is 5.16 Å². The number of halogens is 3. The van der Waals surface area contributed by atoms with Crippen LogP contribution in [0.1, 0.15) is 10.6 Å². The van der Waals surface area contributed by atoms with Gasteiger partial charge in [-0.25, -0.2) is 8.78 Å². The third kappa shape index (κ3) is 3.39. The number of nitrogens with one attached hydrogen (secondary N) is 1. The highest BCUT2D eigenvalue weighted by Gasteiger charge is 2.16. The highest BCUT2D eigenvalue weighted by Crippen LogP contribution is 2.22. The van der Waals surface area contributed by atoms with Crippen molar-refractivity contribution in [2.24, 2.45) is 0 Å². The molecule has 116 valence electrons. The van der Waals surface area contributed by atoms with E-state index in [9.17, 15) is 13.6 Å². The molecule has 0 atom stereocenters. The molecule has 0 bridgehead atoms. The number of carbonyl (C=O) groups is 1. The summed E-state index contributed by atoms with van der Waals surface area (Å²) in [5, 5.41) is 6.19. The van der Waals surface area contributed by atoms with E-state index in [1.54, 1.807) is 22.6 Å². The molecule has 23 heavy (non-hydrogen) atoms. The number of benzene rings is 2. The molecular weight excluding hydrogens is 417 g/mol. The van der Waals surface area contributed by atoms with Crippen LogP contribution in [0.2, 0.25) is 0 Å². The molecule has 1 amide bonds. The molecular formula is C16H9F2IN2O2. The molecule has 0 radical (unpaired) electrons. The summed E-state index contributed by atoms with van der Waals surface area (Å²) < 4.78 is 31.8. The van der Waals surface area contributed by atoms with Crippen LogP contribution in [0.4, 0.5) is 14.5 Å². The number of rotatable bonds is 3. The van der Waals surface area contributed by atoms with E-state index >= 15 is 0 Å². The maximum Gasteiger partial charge on any atom is 0.294 e. The van der Waals surface area contributed by atoms with Crippen LogP contribution < -0.4 is 5.32 Å². The molecule has 0 saturated heterocycles. The molecule has 4 nitrogen and oxygen atoms in total. The first-order valence-corrected chi connectivity index (χ1v) is 7.60. The lowest BCUT2D eigenvalue weighted by atomic mass is 10.1. The third-order valence-electron chi connectivity index (χ3n) is 3.05. The minimum absolute atomic E-state index is 0.00285. The second-order valence-electron chi connectivity index (χ2n) is 4.65. The summed E-state index contributed by atoms with van der Waals surface area (Å²) in [6.07, 6.45) is 0. The molecule has 2 aromatic carbocycles. The molecule has 1 aromatic heterocycles. The first-order chi connectivity index (χ1) is 11.0. The van der Waals surface area contributed by atoms with Gasteiger partial charge in [-0.3, -0.25) is 4.79 Å². The molecule has 0 fully saturated rings. The van der Waals surface area contributed by atoms with Crippen molar-refractivity contribution in [1.29, 1.82) is 0 Å². The fraction of sp³-hybridized carbons (Fsp3) is 0. The Bertz CT molecular complexity index is 843. The zero-order valence-corrected chi connectivity index (χ0v) is 13.7. The van der Waals surface area contributed by atoms with Crippen LogP contribution in [0, 0.1) is 15.2 Å². The average molecular weight is 426 g/mol. The molecule has 7 heteroatoms. The largest absolute Gasteiger partial charge is 0.350 e. The van der Waals surface area contributed by atoms with Crippen molar-refractivity contribution in [3.63, 3.8) is 0 Å². The van der Waals surface area contributed by atoms with E-state index in [-0.39, 0.29) is 15.0 Å². The molecule has 0 aliphatic heterocycles. The molecule has 0 aliphatic carbocycles. The fourth-order valence-corrected chi connectivity index (χ4v) is 2.26. The zero-order chi connectivity index (χ0) is 16.4. The summed E-state index contributed by atoms with van der Waals surface area (Å²) in [4.78, 5) is 12.1. The lowest BCUT2D eigenvalue weighted by molar-refractivity contribution is 0.0988. The number of nitrogens with zero attached hydrogens (tertiary/aromatic N) is 1. The number of aromatic nitrogens is 1. The minimum Gasteiger partial charge on any atom is -0.350 e. The highest BCUT2D eigenvalue weighted by atomic mass is 127. The molecule has 3 rings (SSSR count). The van der Waals surface area contributed by atoms with Gasteiger partial charge in [0, 0.05) is 17.3 Å². The van der Waals surface area contributed by atoms with Gasteiger partial charge in [-0.15, -0.1) is 0 Å². The average Bonchev–Trinajstić information content (AvgIpc) is 3.03. The van der Waals surface area contributed by atoms with E-state index in [4.69, 9.17) is 4.52 Å². The standard InChI is InChI=1S/C16H9F2IN2O2/c17-11-6-10(7-12(18)15(11)19)20-16(22)14-8-13(21-23-14)9-4-2-1-3-5-9/h1-8H,(H,20,22). The number of hydrogen-bond acceptors (Lipinski definition) is 3. The number of carbonyl (C=O) groups excluding carboxylic acids is 1. The van der Waals surface area contributed by atoms with Gasteiger partial charge in [-0.2, -0.15) is 0 Å². The maximum absolute atomic E-state index is 13.5. The topological polar surface area (TPSA) is 55.1 Å². The first-order valence-electron chi connectivity index (χ1n) is 6.52. The van der Waals surface area contributed by atoms with Crippen LogP contribution >= 0.6 is 22.6 Å². The Morgan fingerprint density at radius 1 is 1.09 bits per heavy atom. The van der Waals surface area contributed by atoms with Gasteiger partial charge in [0.05, 0.1) is 3.57 Å². The lowest BCUT2D eigenvalue weighted by Crippen LogP contribution is -2.11. The molecule has 1 heterocycles. The quantitative estimate of drug-likeness (QED) is 0.497. The second kappa shape index (κ2) is 6.45. The van der Waals surface area contributed by atoms with Crippen LogP contribution in [0.3, 0.4) is 0 Å². The van der Waals surface area contributed by atoms with Crippen LogP contribution in [0.15, 0.2) is 53.1 Å². The summed E-state index contributed by atoms with van der Waals surface area (Å²) in [7, 11) is 0. The van der Waals surface area contributed by atoms with Crippen molar-refractivity contribution in [3.8, 4) is 11.3 Å². The van der Waals surface area contributed by atoms with Crippen LogP contribution in [0.5, 0.6) is 0 Å². The Kier molecular flexibility index (Phi) is 4.37. The molecule has 1 N–H and O–H groups in total. The van der Waals surface area contributed by atoms with E-state index in [0.717, 1.165) is 17.7 Å². The van der Waals surface area contributed by atoms with E-state index < -0.39 is 17.5 Å². The van der Waals surface area contributed by atoms with E-state index in [0.29, 0.717) is 5.69 Å². The number of hydrogen-bond donors (Lipinski definition) is 1. The minimum atomic E-state index is -0.747. The van der Waals surface area contributed by atoms with Crippen LogP contribution in [-0.4, -0.2) is 11.1 Å². The molecule has 0 aliphatic rings. The Morgan fingerprint density at radius 3 is 2.39 bits per heavy atom. The number of anilines is 1. The van der Waals surface area contributed by atoms with E-state index in [2.05, 4.69) is 10.5 Å². The highest BCUT2D eigenvalue weighted by molar-refractivity contribution is 14.1. The summed E-state index contributed by atoms with van der Waals surface area (Å²) in [5.41, 5.74) is 1.29. The van der Waals surface area contributed by atoms with Crippen molar-refractivity contribution in [2.75, 3.05) is 5.32 Å². The van der Waals surface area contributed by atoms with Crippen molar-refractivity contribution in [2.45, 2.75) is 0 Å². The molecule has 0 saturated carbocycles. The van der Waals surface area contributed by atoms with E-state index in [1.807, 2.05) is 30.3 Å². The predicted molar refractivity (Wildman–Crippen MR) is 89.0 cm³/mol. The van der Waals surface area contributed by atoms with Gasteiger partial charge in [0.15, 0.2) is 0 Å². The Hall–Kier alpha value is -2.29. The second-order valence-corrected chi connectivity index (χ2v) is 5.73. The monoisotopic (exact) mass is 426 g/mol. The van der Waals surface area contributed by atoms with Crippen LogP contribution in [-0.2, 0) is 0 Å². The van der Waals surface area contributed by atoms with Crippen LogP contribution in [0.25, 0.3) is 11.3 Å². The normalized spacial score (nSPS) is 10.6. The van der Waals surface area contributed by atoms with Gasteiger partial charge in [0.25, 0.3) is 5.91 Å².